The summed E-state index contributed by atoms with van der Waals surface area (Å²) in [7, 11) is 0. The molecule has 0 aromatic heterocycles. The number of aliphatic hydroxyl groups excluding tert-OH is 3. The number of nitrogens with two attached hydrogens (primary N) is 1. The van der Waals surface area contributed by atoms with Gasteiger partial charge in [0.2, 0.25) is 17.7 Å². The smallest absolute Gasteiger partial charge is 0.326 e. The van der Waals surface area contributed by atoms with Crippen molar-refractivity contribution in [3.63, 3.8) is 0 Å². The Morgan fingerprint density at radius 3 is 2.29 bits per heavy atom. The lowest BCUT2D eigenvalue weighted by Gasteiger charge is -2.42. The molecule has 2 rings (SSSR count). The van der Waals surface area contributed by atoms with Gasteiger partial charge in [0.25, 0.3) is 0 Å². The van der Waals surface area contributed by atoms with Gasteiger partial charge in [0.05, 0.1) is 19.1 Å². The number of carbonyl (C=O) groups is 4. The number of aliphatic carboxylic acids is 1. The number of carboxylic acids is 1. The monoisotopic (exact) mass is 482 g/mol. The van der Waals surface area contributed by atoms with Gasteiger partial charge in [-0.1, -0.05) is 30.3 Å². The van der Waals surface area contributed by atoms with E-state index in [2.05, 4.69) is 16.0 Å². The maximum Gasteiger partial charge on any atom is 0.326 e. The number of ether oxygens (including phenoxy) is 1. The topological polar surface area (TPSA) is 221 Å². The van der Waals surface area contributed by atoms with Crippen molar-refractivity contribution in [3.05, 3.63) is 35.9 Å². The molecule has 188 valence electrons. The van der Waals surface area contributed by atoms with E-state index in [1.807, 2.05) is 0 Å². The molecule has 13 heteroatoms. The van der Waals surface area contributed by atoms with Crippen LogP contribution in [-0.4, -0.2) is 93.4 Å². The molecule has 34 heavy (non-hydrogen) atoms. The van der Waals surface area contributed by atoms with Crippen LogP contribution in [-0.2, 0) is 30.3 Å². The van der Waals surface area contributed by atoms with Gasteiger partial charge in [-0.2, -0.15) is 0 Å². The zero-order valence-corrected chi connectivity index (χ0v) is 18.5. The summed E-state index contributed by atoms with van der Waals surface area (Å²) in [6.07, 6.45) is -6.36. The fraction of sp³-hybridized carbons (Fsp3) is 0.524. The van der Waals surface area contributed by atoms with E-state index < -0.39 is 79.4 Å². The second-order valence-corrected chi connectivity index (χ2v) is 7.95. The van der Waals surface area contributed by atoms with Crippen molar-refractivity contribution in [2.45, 2.75) is 62.4 Å². The van der Waals surface area contributed by atoms with Crippen molar-refractivity contribution in [1.29, 1.82) is 0 Å². The number of hydrogen-bond donors (Lipinski definition) is 8. The van der Waals surface area contributed by atoms with Crippen molar-refractivity contribution in [3.8, 4) is 0 Å². The van der Waals surface area contributed by atoms with Crippen LogP contribution in [0.3, 0.4) is 0 Å². The van der Waals surface area contributed by atoms with Gasteiger partial charge in [-0.05, 0) is 12.0 Å². The van der Waals surface area contributed by atoms with Gasteiger partial charge in [0.15, 0.2) is 6.23 Å². The van der Waals surface area contributed by atoms with Crippen LogP contribution in [0.15, 0.2) is 30.3 Å². The number of hydrogen-bond acceptors (Lipinski definition) is 9. The zero-order chi connectivity index (χ0) is 25.4. The summed E-state index contributed by atoms with van der Waals surface area (Å²) in [4.78, 5) is 48.0. The summed E-state index contributed by atoms with van der Waals surface area (Å²) >= 11 is 0. The number of nitrogens with one attached hydrogen (secondary N) is 3. The van der Waals surface area contributed by atoms with Gasteiger partial charge in [-0.3, -0.25) is 14.4 Å². The molecule has 1 aromatic carbocycles. The highest BCUT2D eigenvalue weighted by Crippen LogP contribution is 2.20. The van der Waals surface area contributed by atoms with E-state index in [1.165, 1.54) is 0 Å². The summed E-state index contributed by atoms with van der Waals surface area (Å²) < 4.78 is 5.37. The van der Waals surface area contributed by atoms with Gasteiger partial charge in [0.1, 0.15) is 30.4 Å². The molecule has 1 saturated heterocycles. The molecular formula is C21H30N4O9. The summed E-state index contributed by atoms with van der Waals surface area (Å²) in [5.74, 6) is -3.75. The van der Waals surface area contributed by atoms with Gasteiger partial charge in [-0.15, -0.1) is 0 Å². The molecule has 0 saturated carbocycles. The van der Waals surface area contributed by atoms with Crippen molar-refractivity contribution in [2.75, 3.05) is 6.61 Å². The number of rotatable bonds is 10. The fourth-order valence-electron chi connectivity index (χ4n) is 3.48. The number of carbonyl (C=O) groups excluding carboxylic acids is 3. The third kappa shape index (κ3) is 7.46. The molecule has 0 spiro atoms. The lowest BCUT2D eigenvalue weighted by atomic mass is 9.95. The van der Waals surface area contributed by atoms with Gasteiger partial charge < -0.3 is 46.8 Å². The molecule has 1 fully saturated rings. The molecule has 0 radical (unpaired) electrons. The van der Waals surface area contributed by atoms with Crippen molar-refractivity contribution in [2.24, 2.45) is 5.73 Å². The van der Waals surface area contributed by atoms with Crippen LogP contribution in [0.2, 0.25) is 0 Å². The minimum Gasteiger partial charge on any atom is -0.480 e. The van der Waals surface area contributed by atoms with Crippen molar-refractivity contribution in [1.82, 2.24) is 16.0 Å². The molecular weight excluding hydrogens is 452 g/mol. The van der Waals surface area contributed by atoms with E-state index in [9.17, 15) is 39.6 Å². The van der Waals surface area contributed by atoms with E-state index in [4.69, 9.17) is 10.5 Å². The van der Waals surface area contributed by atoms with E-state index in [-0.39, 0.29) is 6.42 Å². The van der Waals surface area contributed by atoms with Gasteiger partial charge >= 0.3 is 5.97 Å². The Hall–Kier alpha value is -3.10. The summed E-state index contributed by atoms with van der Waals surface area (Å²) in [6, 6.07) is 4.89. The minimum atomic E-state index is -1.62. The average molecular weight is 482 g/mol. The molecule has 0 bridgehead atoms. The summed E-state index contributed by atoms with van der Waals surface area (Å²) in [5, 5.41) is 45.9. The van der Waals surface area contributed by atoms with Crippen LogP contribution < -0.4 is 21.7 Å². The van der Waals surface area contributed by atoms with Gasteiger partial charge in [-0.25, -0.2) is 4.79 Å². The first-order chi connectivity index (χ1) is 16.0. The van der Waals surface area contributed by atoms with Crippen LogP contribution in [0.25, 0.3) is 0 Å². The summed E-state index contributed by atoms with van der Waals surface area (Å²) in [6.45, 7) is 0.454. The number of carboxylic acid groups (broad SMARTS) is 1. The molecule has 13 nitrogen and oxygen atoms in total. The fourth-order valence-corrected chi connectivity index (χ4v) is 3.48. The molecule has 1 aliphatic heterocycles. The molecule has 1 aromatic rings. The molecule has 1 aliphatic rings. The number of amides is 3. The lowest BCUT2D eigenvalue weighted by molar-refractivity contribution is -0.203. The number of benzene rings is 1. The average Bonchev–Trinajstić information content (AvgIpc) is 2.78. The maximum atomic E-state index is 12.5. The van der Waals surface area contributed by atoms with Crippen LogP contribution in [0.5, 0.6) is 0 Å². The minimum absolute atomic E-state index is 0.155. The molecule has 3 amide bonds. The predicted molar refractivity (Wildman–Crippen MR) is 116 cm³/mol. The maximum absolute atomic E-state index is 12.5. The largest absolute Gasteiger partial charge is 0.480 e. The molecule has 9 N–H and O–H groups in total. The zero-order valence-electron chi connectivity index (χ0n) is 18.5. The predicted octanol–water partition coefficient (Wildman–Crippen LogP) is -3.42. The third-order valence-corrected chi connectivity index (χ3v) is 5.24. The lowest BCUT2D eigenvalue weighted by Crippen LogP contribution is -2.68. The Bertz CT molecular complexity index is 869. The Morgan fingerprint density at radius 1 is 1.09 bits per heavy atom. The van der Waals surface area contributed by atoms with Gasteiger partial charge in [0, 0.05) is 6.92 Å². The number of aliphatic hydroxyl groups is 3. The van der Waals surface area contributed by atoms with E-state index in [0.29, 0.717) is 0 Å². The SMILES string of the molecule is CC(=O)N[C@@H]1[C@@H](O)[C@H](O)[C@@H](CO)O[C@H]1NC(=O)C[C@H](NC(=O)[C@@H](N)Cc1ccccc1)C(=O)O. The summed E-state index contributed by atoms with van der Waals surface area (Å²) in [5.41, 5.74) is 6.63. The quantitative estimate of drug-likeness (QED) is 0.165. The first-order valence-corrected chi connectivity index (χ1v) is 10.5. The highest BCUT2D eigenvalue weighted by atomic mass is 16.5. The standard InChI is InChI=1S/C21H30N4O9/c1-10(27)23-16-18(30)17(29)14(9-26)34-20(16)25-15(28)8-13(21(32)33)24-19(31)12(22)7-11-5-3-2-4-6-11/h2-6,12-14,16-18,20,26,29-30H,7-9,22H2,1H3,(H,23,27)(H,24,31)(H,25,28)(H,32,33)/t12-,13-,14+,16+,17+,18+,20+/m0/s1. The normalized spacial score (nSPS) is 26.1. The molecule has 1 heterocycles. The van der Waals surface area contributed by atoms with Crippen molar-refractivity contribution >= 4 is 23.7 Å². The highest BCUT2D eigenvalue weighted by Gasteiger charge is 2.45. The Morgan fingerprint density at radius 2 is 1.74 bits per heavy atom. The molecule has 0 aliphatic carbocycles. The van der Waals surface area contributed by atoms with Crippen LogP contribution in [0, 0.1) is 0 Å². The Labute approximate surface area is 195 Å². The van der Waals surface area contributed by atoms with Crippen LogP contribution in [0.1, 0.15) is 18.9 Å². The van der Waals surface area contributed by atoms with Crippen LogP contribution in [0.4, 0.5) is 0 Å². The van der Waals surface area contributed by atoms with Crippen LogP contribution >= 0.6 is 0 Å². The molecule has 0 unspecified atom stereocenters. The first kappa shape index (κ1) is 27.1. The second kappa shape index (κ2) is 12.4. The van der Waals surface area contributed by atoms with Crippen molar-refractivity contribution < 1.29 is 44.3 Å². The van der Waals surface area contributed by atoms with E-state index in [1.54, 1.807) is 30.3 Å². The highest BCUT2D eigenvalue weighted by molar-refractivity contribution is 5.90. The molecule has 7 atom stereocenters. The third-order valence-electron chi connectivity index (χ3n) is 5.24. The second-order valence-electron chi connectivity index (χ2n) is 7.95. The van der Waals surface area contributed by atoms with E-state index in [0.717, 1.165) is 12.5 Å². The Kier molecular flexibility index (Phi) is 9.89. The first-order valence-electron chi connectivity index (χ1n) is 10.5. The Balaban J connectivity index is 2.02. The van der Waals surface area contributed by atoms with E-state index >= 15 is 0 Å².